The van der Waals surface area contributed by atoms with Gasteiger partial charge in [-0.1, -0.05) is 0 Å². The summed E-state index contributed by atoms with van der Waals surface area (Å²) in [4.78, 5) is 8.72. The first-order valence-electron chi connectivity index (χ1n) is 6.94. The number of nitrogens with zero attached hydrogens (tertiary/aromatic N) is 2. The second-order valence-electron chi connectivity index (χ2n) is 5.27. The van der Waals surface area contributed by atoms with Crippen LogP contribution in [0.15, 0.2) is 29.0 Å². The van der Waals surface area contributed by atoms with Crippen LogP contribution < -0.4 is 4.74 Å². The van der Waals surface area contributed by atoms with Crippen molar-refractivity contribution >= 4 is 27.0 Å². The number of aliphatic hydroxyl groups is 1. The molecule has 1 N–H and O–H groups in total. The third kappa shape index (κ3) is 2.94. The van der Waals surface area contributed by atoms with E-state index in [4.69, 9.17) is 4.74 Å². The molecule has 0 aromatic carbocycles. The van der Waals surface area contributed by atoms with Crippen LogP contribution in [0.2, 0.25) is 0 Å². The Kier molecular flexibility index (Phi) is 4.17. The molecule has 3 rings (SSSR count). The molecule has 2 aromatic heterocycles. The van der Waals surface area contributed by atoms with Crippen LogP contribution in [-0.2, 0) is 0 Å². The summed E-state index contributed by atoms with van der Waals surface area (Å²) >= 11 is 3.40. The zero-order valence-electron chi connectivity index (χ0n) is 11.1. The Bertz CT molecular complexity index is 597. The van der Waals surface area contributed by atoms with Crippen LogP contribution in [0.4, 0.5) is 0 Å². The molecule has 0 unspecified atom stereocenters. The molecular weight excluding hydrogens is 320 g/mol. The highest BCUT2D eigenvalue weighted by molar-refractivity contribution is 9.10. The van der Waals surface area contributed by atoms with Gasteiger partial charge >= 0.3 is 0 Å². The Hall–Kier alpha value is -1.20. The quantitative estimate of drug-likeness (QED) is 0.934. The molecule has 1 fully saturated rings. The molecule has 20 heavy (non-hydrogen) atoms. The van der Waals surface area contributed by atoms with Crippen LogP contribution in [0, 0.1) is 5.92 Å². The van der Waals surface area contributed by atoms with Gasteiger partial charge in [-0.2, -0.15) is 0 Å². The summed E-state index contributed by atoms with van der Waals surface area (Å²) in [6.07, 6.45) is 7.78. The van der Waals surface area contributed by atoms with Gasteiger partial charge in [0.05, 0.1) is 11.6 Å². The molecule has 0 spiro atoms. The monoisotopic (exact) mass is 336 g/mol. The van der Waals surface area contributed by atoms with E-state index in [9.17, 15) is 5.11 Å². The first-order chi connectivity index (χ1) is 9.76. The maximum absolute atomic E-state index is 9.17. The van der Waals surface area contributed by atoms with Gasteiger partial charge < -0.3 is 9.84 Å². The van der Waals surface area contributed by atoms with Gasteiger partial charge in [-0.25, -0.2) is 4.98 Å². The number of fused-ring (bicyclic) bond motifs is 1. The molecule has 1 aliphatic rings. The Morgan fingerprint density at radius 2 is 2.05 bits per heavy atom. The fourth-order valence-corrected chi connectivity index (χ4v) is 3.01. The van der Waals surface area contributed by atoms with E-state index in [1.807, 2.05) is 12.1 Å². The number of ether oxygens (including phenoxy) is 1. The summed E-state index contributed by atoms with van der Waals surface area (Å²) in [7, 11) is 0. The number of aromatic nitrogens is 2. The third-order valence-corrected chi connectivity index (χ3v) is 4.29. The van der Waals surface area contributed by atoms with Crippen LogP contribution in [0.1, 0.15) is 25.7 Å². The molecule has 0 radical (unpaired) electrons. The van der Waals surface area contributed by atoms with Crippen LogP contribution in [0.5, 0.6) is 5.75 Å². The molecule has 0 atom stereocenters. The van der Waals surface area contributed by atoms with Gasteiger partial charge in [0.2, 0.25) is 0 Å². The Balaban J connectivity index is 1.78. The molecule has 1 aliphatic carbocycles. The lowest BCUT2D eigenvalue weighted by molar-refractivity contribution is 0.105. The number of pyridine rings is 2. The van der Waals surface area contributed by atoms with Gasteiger partial charge in [-0.15, -0.1) is 0 Å². The molecule has 0 aliphatic heterocycles. The van der Waals surface area contributed by atoms with E-state index >= 15 is 0 Å². The van der Waals surface area contributed by atoms with Crippen LogP contribution in [0.25, 0.3) is 11.0 Å². The van der Waals surface area contributed by atoms with E-state index in [-0.39, 0.29) is 6.10 Å². The lowest BCUT2D eigenvalue weighted by Crippen LogP contribution is -2.25. The first kappa shape index (κ1) is 13.8. The van der Waals surface area contributed by atoms with Crippen molar-refractivity contribution < 1.29 is 9.84 Å². The van der Waals surface area contributed by atoms with Gasteiger partial charge in [0, 0.05) is 29.5 Å². The fourth-order valence-electron chi connectivity index (χ4n) is 2.69. The molecule has 2 aromatic rings. The lowest BCUT2D eigenvalue weighted by Gasteiger charge is -2.28. The second-order valence-corrected chi connectivity index (χ2v) is 6.19. The molecule has 2 heterocycles. The largest absolute Gasteiger partial charge is 0.488 e. The standard InChI is InChI=1S/C15H17BrN2O2/c16-11-7-13-15(18-8-11)14(5-6-17-13)20-12-3-1-10(9-19)2-4-12/h5-8,10,12,19H,1-4,9H2. The zero-order valence-corrected chi connectivity index (χ0v) is 12.7. The van der Waals surface area contributed by atoms with Gasteiger partial charge in [0.25, 0.3) is 0 Å². The van der Waals surface area contributed by atoms with Gasteiger partial charge in [-0.3, -0.25) is 4.98 Å². The Labute approximate surface area is 126 Å². The summed E-state index contributed by atoms with van der Waals surface area (Å²) < 4.78 is 7.02. The van der Waals surface area contributed by atoms with Crippen molar-refractivity contribution in [3.05, 3.63) is 29.0 Å². The van der Waals surface area contributed by atoms with Crippen LogP contribution >= 0.6 is 15.9 Å². The zero-order chi connectivity index (χ0) is 13.9. The van der Waals surface area contributed by atoms with Crippen molar-refractivity contribution in [3.63, 3.8) is 0 Å². The van der Waals surface area contributed by atoms with Crippen LogP contribution in [-0.4, -0.2) is 27.8 Å². The average Bonchev–Trinajstić information content (AvgIpc) is 2.48. The van der Waals surface area contributed by atoms with E-state index in [0.717, 1.165) is 46.9 Å². The Morgan fingerprint density at radius 3 is 2.80 bits per heavy atom. The maximum Gasteiger partial charge on any atom is 0.149 e. The first-order valence-corrected chi connectivity index (χ1v) is 7.73. The molecule has 5 heteroatoms. The smallest absolute Gasteiger partial charge is 0.149 e. The fraction of sp³-hybridized carbons (Fsp3) is 0.467. The van der Waals surface area contributed by atoms with E-state index in [1.165, 1.54) is 0 Å². The lowest BCUT2D eigenvalue weighted by atomic mass is 9.88. The summed E-state index contributed by atoms with van der Waals surface area (Å²) in [5, 5.41) is 9.17. The number of aliphatic hydroxyl groups excluding tert-OH is 1. The molecule has 1 saturated carbocycles. The van der Waals surface area contributed by atoms with E-state index in [2.05, 4.69) is 25.9 Å². The summed E-state index contributed by atoms with van der Waals surface area (Å²) in [5.74, 6) is 1.24. The van der Waals surface area contributed by atoms with Crippen molar-refractivity contribution in [1.29, 1.82) is 0 Å². The molecule has 4 nitrogen and oxygen atoms in total. The molecule has 106 valence electrons. The van der Waals surface area contributed by atoms with E-state index in [0.29, 0.717) is 12.5 Å². The third-order valence-electron chi connectivity index (χ3n) is 3.85. The average molecular weight is 337 g/mol. The summed E-state index contributed by atoms with van der Waals surface area (Å²) in [6, 6.07) is 3.82. The van der Waals surface area contributed by atoms with Crippen LogP contribution in [0.3, 0.4) is 0 Å². The minimum Gasteiger partial charge on any atom is -0.488 e. The number of hydrogen-bond acceptors (Lipinski definition) is 4. The van der Waals surface area contributed by atoms with Crippen molar-refractivity contribution in [2.45, 2.75) is 31.8 Å². The normalized spacial score (nSPS) is 22.9. The number of halogens is 1. The Morgan fingerprint density at radius 1 is 1.25 bits per heavy atom. The SMILES string of the molecule is OCC1CCC(Oc2ccnc3cc(Br)cnc23)CC1. The van der Waals surface area contributed by atoms with Gasteiger partial charge in [0.1, 0.15) is 11.3 Å². The minimum absolute atomic E-state index is 0.217. The predicted molar refractivity (Wildman–Crippen MR) is 80.7 cm³/mol. The number of rotatable bonds is 3. The topological polar surface area (TPSA) is 55.2 Å². The van der Waals surface area contributed by atoms with Gasteiger partial charge in [0.15, 0.2) is 0 Å². The molecule has 0 saturated heterocycles. The summed E-state index contributed by atoms with van der Waals surface area (Å²) in [6.45, 7) is 0.292. The van der Waals surface area contributed by atoms with Gasteiger partial charge in [-0.05, 0) is 53.6 Å². The van der Waals surface area contributed by atoms with Crippen molar-refractivity contribution in [1.82, 2.24) is 9.97 Å². The minimum atomic E-state index is 0.217. The molecular formula is C15H17BrN2O2. The molecule has 0 bridgehead atoms. The summed E-state index contributed by atoms with van der Waals surface area (Å²) in [5.41, 5.74) is 1.64. The van der Waals surface area contributed by atoms with E-state index < -0.39 is 0 Å². The highest BCUT2D eigenvalue weighted by Crippen LogP contribution is 2.30. The second kappa shape index (κ2) is 6.06. The van der Waals surface area contributed by atoms with Crippen molar-refractivity contribution in [3.8, 4) is 5.75 Å². The van der Waals surface area contributed by atoms with Crippen molar-refractivity contribution in [2.75, 3.05) is 6.61 Å². The highest BCUT2D eigenvalue weighted by Gasteiger charge is 2.22. The molecule has 0 amide bonds. The highest BCUT2D eigenvalue weighted by atomic mass is 79.9. The maximum atomic E-state index is 9.17. The predicted octanol–water partition coefficient (Wildman–Crippen LogP) is 3.32. The number of hydrogen-bond donors (Lipinski definition) is 1. The van der Waals surface area contributed by atoms with Crippen molar-refractivity contribution in [2.24, 2.45) is 5.92 Å². The van der Waals surface area contributed by atoms with E-state index in [1.54, 1.807) is 12.4 Å².